The van der Waals surface area contributed by atoms with E-state index in [-0.39, 0.29) is 34.8 Å². The van der Waals surface area contributed by atoms with Crippen LogP contribution in [0.3, 0.4) is 0 Å². The molecule has 1 aliphatic rings. The molecule has 0 aromatic heterocycles. The molecule has 2 unspecified atom stereocenters. The molecule has 268 valence electrons. The molecule has 2 atom stereocenters. The van der Waals surface area contributed by atoms with Crippen molar-refractivity contribution in [3.05, 3.63) is 82.7 Å². The lowest BCUT2D eigenvalue weighted by Crippen LogP contribution is -2.38. The summed E-state index contributed by atoms with van der Waals surface area (Å²) in [5, 5.41) is 6.27. The minimum absolute atomic E-state index is 0.0417. The lowest BCUT2D eigenvalue weighted by molar-refractivity contribution is -0.123. The Balaban J connectivity index is -0.000000682. The van der Waals surface area contributed by atoms with Crippen LogP contribution in [0.4, 0.5) is 8.78 Å². The molecule has 0 saturated heterocycles. The fraction of sp³-hybridized carbons (Fsp3) is 0.553. The molecule has 0 bridgehead atoms. The van der Waals surface area contributed by atoms with E-state index < -0.39 is 11.6 Å². The van der Waals surface area contributed by atoms with Gasteiger partial charge in [0.15, 0.2) is 11.6 Å². The van der Waals surface area contributed by atoms with Crippen LogP contribution in [-0.2, 0) is 14.3 Å². The van der Waals surface area contributed by atoms with Crippen molar-refractivity contribution in [2.24, 2.45) is 11.8 Å². The monoisotopic (exact) mass is 663 g/mol. The number of rotatable bonds is 9. The highest BCUT2D eigenvalue weighted by atomic mass is 19.2. The van der Waals surface area contributed by atoms with Crippen LogP contribution < -0.4 is 10.6 Å². The predicted molar refractivity (Wildman–Crippen MR) is 193 cm³/mol. The maximum Gasteiger partial charge on any atom is 0.253 e. The maximum atomic E-state index is 12.8. The summed E-state index contributed by atoms with van der Waals surface area (Å²) in [6.45, 7) is 28.6. The van der Waals surface area contributed by atoms with Crippen LogP contribution in [-0.4, -0.2) is 55.8 Å². The third-order valence-corrected chi connectivity index (χ3v) is 6.77. The van der Waals surface area contributed by atoms with E-state index >= 15 is 0 Å². The number of benzene rings is 1. The van der Waals surface area contributed by atoms with Crippen LogP contribution in [0.5, 0.6) is 0 Å². The van der Waals surface area contributed by atoms with Crippen LogP contribution >= 0.6 is 0 Å². The highest BCUT2D eigenvalue weighted by molar-refractivity contribution is 5.94. The molecule has 1 aliphatic heterocycles. The summed E-state index contributed by atoms with van der Waals surface area (Å²) in [5.41, 5.74) is 4.53. The number of nitrogens with zero attached hydrogens (tertiary/aromatic N) is 1. The van der Waals surface area contributed by atoms with Gasteiger partial charge < -0.3 is 25.1 Å². The van der Waals surface area contributed by atoms with Crippen molar-refractivity contribution in [1.82, 2.24) is 15.5 Å². The molecule has 0 saturated carbocycles. The van der Waals surface area contributed by atoms with Gasteiger partial charge in [-0.2, -0.15) is 0 Å². The van der Waals surface area contributed by atoms with Gasteiger partial charge in [-0.1, -0.05) is 58.1 Å². The van der Waals surface area contributed by atoms with E-state index in [0.29, 0.717) is 19.5 Å². The van der Waals surface area contributed by atoms with E-state index in [2.05, 4.69) is 36.3 Å². The standard InChI is InChI=1S/C19H28N2O2.C10H11F2NO.C5H12O.2C2H6/c1-6-9-16-12-14(4)17(21-18(16)13(3)7-2)15(5)19(23)20-10-8-11-22;1-3-13(2)10(14)7-4-5-8(11)9(12)6-7;1-5(2,3)6-4;2*1-2/h6-7,9,11,15-16,21H,2,8,10,12H2,1,3-5H3,(H,20,23);4-6H,3H2,1-2H3;1-4H3;2*1-2H3/b9-6?,18-13+;;;;. The van der Waals surface area contributed by atoms with Gasteiger partial charge in [0.05, 0.1) is 11.5 Å². The van der Waals surface area contributed by atoms with E-state index in [0.717, 1.165) is 41.8 Å². The van der Waals surface area contributed by atoms with E-state index in [9.17, 15) is 23.2 Å². The number of hydrogen-bond donors (Lipinski definition) is 2. The molecular formula is C38H63F2N3O4. The lowest BCUT2D eigenvalue weighted by Gasteiger charge is -2.32. The second-order valence-corrected chi connectivity index (χ2v) is 11.2. The lowest BCUT2D eigenvalue weighted by atomic mass is 9.86. The summed E-state index contributed by atoms with van der Waals surface area (Å²) in [5.74, 6) is -2.31. The third-order valence-electron chi connectivity index (χ3n) is 6.77. The number of ether oxygens (including phenoxy) is 1. The van der Waals surface area contributed by atoms with Crippen molar-refractivity contribution in [2.75, 3.05) is 27.2 Å². The molecule has 0 radical (unpaired) electrons. The Morgan fingerprint density at radius 1 is 1.17 bits per heavy atom. The van der Waals surface area contributed by atoms with Crippen LogP contribution in [0, 0.1) is 23.5 Å². The summed E-state index contributed by atoms with van der Waals surface area (Å²) < 4.78 is 30.2. The second-order valence-electron chi connectivity index (χ2n) is 11.2. The van der Waals surface area contributed by atoms with E-state index in [1.807, 2.05) is 75.3 Å². The fourth-order valence-electron chi connectivity index (χ4n) is 3.79. The van der Waals surface area contributed by atoms with Gasteiger partial charge in [0.1, 0.15) is 6.29 Å². The summed E-state index contributed by atoms with van der Waals surface area (Å²) in [6, 6.07) is 3.13. The van der Waals surface area contributed by atoms with Gasteiger partial charge >= 0.3 is 0 Å². The Hall–Kier alpha value is -3.59. The fourth-order valence-corrected chi connectivity index (χ4v) is 3.79. The first-order valence-electron chi connectivity index (χ1n) is 16.5. The topological polar surface area (TPSA) is 87.7 Å². The van der Waals surface area contributed by atoms with Gasteiger partial charge in [0.2, 0.25) is 5.91 Å². The predicted octanol–water partition coefficient (Wildman–Crippen LogP) is 8.79. The zero-order chi connectivity index (χ0) is 37.3. The average molecular weight is 664 g/mol. The second kappa shape index (κ2) is 26.5. The Morgan fingerprint density at radius 3 is 2.15 bits per heavy atom. The van der Waals surface area contributed by atoms with Gasteiger partial charge in [-0.25, -0.2) is 8.78 Å². The summed E-state index contributed by atoms with van der Waals surface area (Å²) in [4.78, 5) is 35.5. The number of aldehydes is 1. The number of carbonyl (C=O) groups excluding carboxylic acids is 3. The number of carbonyl (C=O) groups is 3. The molecule has 2 rings (SSSR count). The number of nitrogens with one attached hydrogen (secondary N) is 2. The highest BCUT2D eigenvalue weighted by Crippen LogP contribution is 2.32. The zero-order valence-corrected chi connectivity index (χ0v) is 31.6. The maximum absolute atomic E-state index is 12.8. The van der Waals surface area contributed by atoms with E-state index in [4.69, 9.17) is 4.74 Å². The summed E-state index contributed by atoms with van der Waals surface area (Å²) in [7, 11) is 3.31. The molecule has 9 heteroatoms. The number of halogens is 2. The highest BCUT2D eigenvalue weighted by Gasteiger charge is 2.28. The van der Waals surface area contributed by atoms with Gasteiger partial charge in [-0.3, -0.25) is 9.59 Å². The first kappa shape index (κ1) is 47.8. The molecule has 2 N–H and O–H groups in total. The van der Waals surface area contributed by atoms with Crippen LogP contribution in [0.25, 0.3) is 0 Å². The van der Waals surface area contributed by atoms with Gasteiger partial charge in [0, 0.05) is 56.5 Å². The van der Waals surface area contributed by atoms with Crippen molar-refractivity contribution in [2.45, 2.75) is 102 Å². The first-order chi connectivity index (χ1) is 22.1. The minimum atomic E-state index is -1.000. The zero-order valence-electron chi connectivity index (χ0n) is 31.6. The molecule has 1 aromatic rings. The van der Waals surface area contributed by atoms with Crippen LogP contribution in [0.15, 0.2) is 65.5 Å². The first-order valence-corrected chi connectivity index (χ1v) is 16.5. The molecule has 7 nitrogen and oxygen atoms in total. The average Bonchev–Trinajstić information content (AvgIpc) is 3.07. The molecule has 1 heterocycles. The summed E-state index contributed by atoms with van der Waals surface area (Å²) >= 11 is 0. The Morgan fingerprint density at radius 2 is 1.72 bits per heavy atom. The number of methoxy groups -OCH3 is 1. The number of hydrogen-bond acceptors (Lipinski definition) is 5. The molecule has 1 aromatic carbocycles. The molecule has 2 amide bonds. The Kier molecular flexibility index (Phi) is 26.9. The Bertz CT molecular complexity index is 1180. The minimum Gasteiger partial charge on any atom is -0.379 e. The van der Waals surface area contributed by atoms with Crippen molar-refractivity contribution < 1.29 is 27.9 Å². The molecule has 0 spiro atoms. The third kappa shape index (κ3) is 19.0. The number of amides is 2. The largest absolute Gasteiger partial charge is 0.379 e. The van der Waals surface area contributed by atoms with Crippen molar-refractivity contribution in [3.8, 4) is 0 Å². The van der Waals surface area contributed by atoms with Gasteiger partial charge in [-0.15, -0.1) is 0 Å². The van der Waals surface area contributed by atoms with Crippen LogP contribution in [0.2, 0.25) is 0 Å². The molecule has 47 heavy (non-hydrogen) atoms. The SMILES string of the molecule is C=C/C(C)=C1/NC(C(C)C(=O)NCCC=O)=C(C)CC1C=CC.CC.CC.CCN(C)C(=O)c1ccc(F)c(F)c1.COC(C)(C)C. The van der Waals surface area contributed by atoms with Crippen molar-refractivity contribution >= 4 is 18.1 Å². The van der Waals surface area contributed by atoms with Gasteiger partial charge in [-0.05, 0) is 85.6 Å². The molecular weight excluding hydrogens is 600 g/mol. The quantitative estimate of drug-likeness (QED) is 0.157. The molecule has 0 fully saturated rings. The summed E-state index contributed by atoms with van der Waals surface area (Å²) in [6.07, 6.45) is 8.10. The van der Waals surface area contributed by atoms with E-state index in [1.54, 1.807) is 21.1 Å². The van der Waals surface area contributed by atoms with Crippen molar-refractivity contribution in [3.63, 3.8) is 0 Å². The normalized spacial score (nSPS) is 15.4. The smallest absolute Gasteiger partial charge is 0.253 e. The number of allylic oxidation sites excluding steroid dienone is 5. The van der Waals surface area contributed by atoms with Crippen molar-refractivity contribution in [1.29, 1.82) is 0 Å². The van der Waals surface area contributed by atoms with E-state index in [1.165, 1.54) is 16.5 Å². The van der Waals surface area contributed by atoms with Gasteiger partial charge in [0.25, 0.3) is 5.91 Å². The Labute approximate surface area is 284 Å². The van der Waals surface area contributed by atoms with Crippen LogP contribution in [0.1, 0.15) is 106 Å². The molecule has 0 aliphatic carbocycles.